The number of carbonyl (C=O) groups excluding carboxylic acids is 2. The molecular weight excluding hydrogens is 366 g/mol. The van der Waals surface area contributed by atoms with Crippen LogP contribution in [0.5, 0.6) is 0 Å². The molecule has 26 heavy (non-hydrogen) atoms. The molecule has 0 aliphatic rings. The van der Waals surface area contributed by atoms with E-state index in [-0.39, 0.29) is 0 Å². The van der Waals surface area contributed by atoms with Crippen LogP contribution in [0, 0.1) is 41.5 Å². The van der Waals surface area contributed by atoms with Crippen LogP contribution in [0.4, 0.5) is 0 Å². The van der Waals surface area contributed by atoms with Crippen LogP contribution < -0.4 is 0 Å². The summed E-state index contributed by atoms with van der Waals surface area (Å²) in [5, 5.41) is 0. The van der Waals surface area contributed by atoms with Crippen LogP contribution in [-0.2, 0) is 18.7 Å². The average molecular weight is 392 g/mol. The van der Waals surface area contributed by atoms with Crippen molar-refractivity contribution in [1.29, 1.82) is 0 Å². The summed E-state index contributed by atoms with van der Waals surface area (Å²) < 4.78 is 17.8. The highest BCUT2D eigenvalue weighted by Crippen LogP contribution is 2.10. The van der Waals surface area contributed by atoms with Crippen molar-refractivity contribution in [3.05, 3.63) is 69.8 Å². The second-order valence-corrected chi connectivity index (χ2v) is 6.30. The number of carbonyl (C=O) groups is 2. The molecule has 0 radical (unpaired) electrons. The van der Waals surface area contributed by atoms with E-state index >= 15 is 0 Å². The van der Waals surface area contributed by atoms with E-state index in [1.807, 2.05) is 0 Å². The van der Waals surface area contributed by atoms with Gasteiger partial charge in [-0.05, 0) is 74.9 Å². The van der Waals surface area contributed by atoms with Crippen LogP contribution >= 0.6 is 16.9 Å². The van der Waals surface area contributed by atoms with Crippen molar-refractivity contribution < 1.29 is 18.7 Å². The fraction of sp³-hybridized carbons (Fsp3) is 0.300. The van der Waals surface area contributed by atoms with Crippen LogP contribution in [0.3, 0.4) is 0 Å². The third-order valence-electron chi connectivity index (χ3n) is 3.84. The molecule has 0 amide bonds. The van der Waals surface area contributed by atoms with Crippen LogP contribution in [0.2, 0.25) is 0 Å². The van der Waals surface area contributed by atoms with Gasteiger partial charge in [-0.3, -0.25) is 18.7 Å². The van der Waals surface area contributed by atoms with E-state index in [0.717, 1.165) is 0 Å². The van der Waals surface area contributed by atoms with Gasteiger partial charge in [0.15, 0.2) is 0 Å². The quantitative estimate of drug-likeness (QED) is 0.453. The Bertz CT molecular complexity index is 599. The van der Waals surface area contributed by atoms with Crippen LogP contribution in [0.25, 0.3) is 0 Å². The lowest BCUT2D eigenvalue weighted by atomic mass is 10.1. The van der Waals surface area contributed by atoms with Crippen molar-refractivity contribution >= 4 is 29.0 Å². The van der Waals surface area contributed by atoms with E-state index in [4.69, 9.17) is 18.7 Å². The Kier molecular flexibility index (Phi) is 16.6. The maximum Gasteiger partial charge on any atom is 0.228 e. The number of hydrogen-bond acceptors (Lipinski definition) is 4. The molecule has 0 heterocycles. The van der Waals surface area contributed by atoms with Crippen molar-refractivity contribution in [2.45, 2.75) is 41.5 Å². The number of hydrogen-bond donors (Lipinski definition) is 0. The minimum Gasteiger partial charge on any atom is -0.290 e. The predicted molar refractivity (Wildman–Crippen MR) is 110 cm³/mol. The van der Waals surface area contributed by atoms with Gasteiger partial charge in [-0.2, -0.15) is 0 Å². The van der Waals surface area contributed by atoms with E-state index in [9.17, 15) is 0 Å². The highest BCUT2D eigenvalue weighted by Gasteiger charge is 1.92. The molecule has 0 saturated carbocycles. The van der Waals surface area contributed by atoms with Gasteiger partial charge in [-0.25, -0.2) is 0 Å². The molecule has 140 valence electrons. The van der Waals surface area contributed by atoms with Crippen molar-refractivity contribution in [2.75, 3.05) is 0 Å². The van der Waals surface area contributed by atoms with E-state index in [0.29, 0.717) is 12.1 Å². The Balaban J connectivity index is 0. The Morgan fingerprint density at radius 3 is 0.885 bits per heavy atom. The number of rotatable bonds is 2. The summed E-state index contributed by atoms with van der Waals surface area (Å²) in [4.78, 5) is 17.7. The van der Waals surface area contributed by atoms with E-state index in [1.54, 1.807) is 0 Å². The fourth-order valence-electron chi connectivity index (χ4n) is 1.80. The highest BCUT2D eigenvalue weighted by atomic mass is 31.1. The summed E-state index contributed by atoms with van der Waals surface area (Å²) in [5.74, 6) is 0. The maximum absolute atomic E-state index is 8.90. The van der Waals surface area contributed by atoms with Crippen molar-refractivity contribution in [3.63, 3.8) is 0 Å². The van der Waals surface area contributed by atoms with Gasteiger partial charge in [0, 0.05) is 0 Å². The van der Waals surface area contributed by atoms with Gasteiger partial charge in [0.1, 0.15) is 0 Å². The van der Waals surface area contributed by atoms with Gasteiger partial charge in [-0.1, -0.05) is 36.4 Å². The predicted octanol–water partition coefficient (Wildman–Crippen LogP) is 6.16. The first-order chi connectivity index (χ1) is 12.3. The Morgan fingerprint density at radius 1 is 0.577 bits per heavy atom. The van der Waals surface area contributed by atoms with Crippen LogP contribution in [0.1, 0.15) is 33.4 Å². The third kappa shape index (κ3) is 12.4. The largest absolute Gasteiger partial charge is 0.290 e. The Hall–Kier alpha value is -2.02. The molecule has 0 aliphatic carbocycles. The average Bonchev–Trinajstić information content (AvgIpc) is 2.65. The maximum atomic E-state index is 8.90. The Morgan fingerprint density at radius 2 is 0.769 bits per heavy atom. The molecule has 2 aromatic rings. The molecule has 6 heteroatoms. The molecule has 0 bridgehead atoms. The molecule has 0 aromatic heterocycles. The summed E-state index contributed by atoms with van der Waals surface area (Å²) in [7, 11) is -0.864. The number of benzene rings is 2. The monoisotopic (exact) mass is 392 g/mol. The first-order valence-corrected chi connectivity index (χ1v) is 9.60. The molecular formula is C20H26O4P2. The molecule has 4 nitrogen and oxygen atoms in total. The van der Waals surface area contributed by atoms with Crippen molar-refractivity contribution in [1.82, 2.24) is 0 Å². The second-order valence-electron chi connectivity index (χ2n) is 5.46. The van der Waals surface area contributed by atoms with Crippen LogP contribution in [0.15, 0.2) is 36.4 Å². The molecule has 0 unspecified atom stereocenters. The molecule has 0 spiro atoms. The first-order valence-electron chi connectivity index (χ1n) is 7.84. The number of aryl methyl sites for hydroxylation is 4. The zero-order valence-corrected chi connectivity index (χ0v) is 17.9. The zero-order chi connectivity index (χ0) is 20.5. The SMILES string of the molecule is Cc1cccc(C)c1C.Cc1cccc(C)c1C.O=CP=O.O=CP=O. The second kappa shape index (κ2) is 16.4. The minimum atomic E-state index is -0.432. The van der Waals surface area contributed by atoms with Crippen LogP contribution in [-0.4, -0.2) is 12.1 Å². The fourth-order valence-corrected chi connectivity index (χ4v) is 1.80. The lowest BCUT2D eigenvalue weighted by Crippen LogP contribution is -1.82. The molecule has 0 atom stereocenters. The Labute approximate surface area is 159 Å². The molecule has 0 N–H and O–H groups in total. The molecule has 0 fully saturated rings. The summed E-state index contributed by atoms with van der Waals surface area (Å²) >= 11 is 0. The molecule has 0 saturated heterocycles. The molecule has 2 aromatic carbocycles. The van der Waals surface area contributed by atoms with Gasteiger partial charge < -0.3 is 0 Å². The molecule has 0 aliphatic heterocycles. The summed E-state index contributed by atoms with van der Waals surface area (Å²) in [5.41, 5.74) is 8.37. The smallest absolute Gasteiger partial charge is 0.228 e. The summed E-state index contributed by atoms with van der Waals surface area (Å²) in [6.45, 7) is 12.9. The van der Waals surface area contributed by atoms with Crippen molar-refractivity contribution in [3.8, 4) is 0 Å². The van der Waals surface area contributed by atoms with E-state index < -0.39 is 16.9 Å². The summed E-state index contributed by atoms with van der Waals surface area (Å²) in [6.07, 6.45) is 0. The van der Waals surface area contributed by atoms with Gasteiger partial charge in [0.2, 0.25) is 29.0 Å². The topological polar surface area (TPSA) is 68.3 Å². The summed E-state index contributed by atoms with van der Waals surface area (Å²) in [6, 6.07) is 13.3. The van der Waals surface area contributed by atoms with Gasteiger partial charge in [0.25, 0.3) is 0 Å². The van der Waals surface area contributed by atoms with Gasteiger partial charge in [-0.15, -0.1) is 0 Å². The first kappa shape index (κ1) is 26.2. The van der Waals surface area contributed by atoms with E-state index in [2.05, 4.69) is 77.9 Å². The highest BCUT2D eigenvalue weighted by molar-refractivity contribution is 7.42. The molecule has 2 rings (SSSR count). The van der Waals surface area contributed by atoms with Gasteiger partial charge >= 0.3 is 0 Å². The lowest BCUT2D eigenvalue weighted by Gasteiger charge is -2.00. The third-order valence-corrected chi connectivity index (χ3v) is 4.01. The zero-order valence-electron chi connectivity index (χ0n) is 16.1. The lowest BCUT2D eigenvalue weighted by molar-refractivity contribution is 0.561. The van der Waals surface area contributed by atoms with Gasteiger partial charge in [0.05, 0.1) is 0 Å². The standard InChI is InChI=1S/2C9H12.2CHO2P/c2*1-7-5-4-6-8(2)9(7)3;2*2-1-4-3/h2*4-6H,1-3H3;2*1H. The van der Waals surface area contributed by atoms with Crippen molar-refractivity contribution in [2.24, 2.45) is 0 Å². The normalized spacial score (nSPS) is 8.85. The minimum absolute atomic E-state index is 0.292. The van der Waals surface area contributed by atoms with E-state index in [1.165, 1.54) is 33.4 Å².